The van der Waals surface area contributed by atoms with Crippen LogP contribution in [0.25, 0.3) is 0 Å². The zero-order valence-corrected chi connectivity index (χ0v) is 9.68. The number of rotatable bonds is 7. The maximum atomic E-state index is 10.2. The predicted molar refractivity (Wildman–Crippen MR) is 59.8 cm³/mol. The molecule has 1 aromatic heterocycles. The van der Waals surface area contributed by atoms with E-state index in [4.69, 9.17) is 13.9 Å². The molecule has 0 spiro atoms. The Morgan fingerprint density at radius 3 is 2.50 bits per heavy atom. The summed E-state index contributed by atoms with van der Waals surface area (Å²) in [5.74, 6) is -0.858. The van der Waals surface area contributed by atoms with Gasteiger partial charge in [0.05, 0.1) is 6.26 Å². The van der Waals surface area contributed by atoms with Crippen molar-refractivity contribution in [3.8, 4) is 0 Å². The Balaban J connectivity index is 2.94. The first-order chi connectivity index (χ1) is 7.70. The molecule has 1 rings (SSSR count). The SMILES string of the molecule is C=CC(OCC)(OCC)C(O)c1ccco1. The van der Waals surface area contributed by atoms with Gasteiger partial charge in [-0.15, -0.1) is 0 Å². The molecule has 1 unspecified atom stereocenters. The van der Waals surface area contributed by atoms with Crippen molar-refractivity contribution in [2.45, 2.75) is 25.7 Å². The van der Waals surface area contributed by atoms with E-state index < -0.39 is 11.9 Å². The van der Waals surface area contributed by atoms with Gasteiger partial charge < -0.3 is 19.0 Å². The maximum absolute atomic E-state index is 10.2. The van der Waals surface area contributed by atoms with Gasteiger partial charge in [0.15, 0.2) is 6.10 Å². The fourth-order valence-electron chi connectivity index (χ4n) is 1.53. The molecule has 0 radical (unpaired) electrons. The number of furan rings is 1. The highest BCUT2D eigenvalue weighted by Gasteiger charge is 2.39. The van der Waals surface area contributed by atoms with Gasteiger partial charge >= 0.3 is 0 Å². The third kappa shape index (κ3) is 2.52. The maximum Gasteiger partial charge on any atom is 0.221 e. The summed E-state index contributed by atoms with van der Waals surface area (Å²) in [6.45, 7) is 8.11. The largest absolute Gasteiger partial charge is 0.466 e. The molecule has 1 aromatic rings. The fourth-order valence-corrected chi connectivity index (χ4v) is 1.53. The Bertz CT molecular complexity index is 299. The number of hydrogen-bond donors (Lipinski definition) is 1. The second-order valence-electron chi connectivity index (χ2n) is 3.21. The summed E-state index contributed by atoms with van der Waals surface area (Å²) in [5.41, 5.74) is 0. The third-order valence-corrected chi connectivity index (χ3v) is 2.22. The van der Waals surface area contributed by atoms with Crippen LogP contribution in [0.5, 0.6) is 0 Å². The smallest absolute Gasteiger partial charge is 0.221 e. The van der Waals surface area contributed by atoms with Crippen LogP contribution >= 0.6 is 0 Å². The summed E-state index contributed by atoms with van der Waals surface area (Å²) >= 11 is 0. The van der Waals surface area contributed by atoms with E-state index >= 15 is 0 Å². The van der Waals surface area contributed by atoms with E-state index in [1.165, 1.54) is 12.3 Å². The highest BCUT2D eigenvalue weighted by atomic mass is 16.7. The van der Waals surface area contributed by atoms with Gasteiger partial charge in [0.1, 0.15) is 5.76 Å². The van der Waals surface area contributed by atoms with Gasteiger partial charge in [-0.1, -0.05) is 6.58 Å². The lowest BCUT2D eigenvalue weighted by molar-refractivity contribution is -0.254. The Hall–Kier alpha value is -1.10. The summed E-state index contributed by atoms with van der Waals surface area (Å²) in [4.78, 5) is 0. The zero-order chi connectivity index (χ0) is 12.0. The first kappa shape index (κ1) is 13.0. The van der Waals surface area contributed by atoms with Gasteiger partial charge in [-0.05, 0) is 32.1 Å². The lowest BCUT2D eigenvalue weighted by Gasteiger charge is -2.33. The molecule has 90 valence electrons. The van der Waals surface area contributed by atoms with Crippen molar-refractivity contribution >= 4 is 0 Å². The van der Waals surface area contributed by atoms with Gasteiger partial charge in [0.25, 0.3) is 0 Å². The van der Waals surface area contributed by atoms with Crippen LogP contribution in [-0.2, 0) is 9.47 Å². The lowest BCUT2D eigenvalue weighted by atomic mass is 10.1. The van der Waals surface area contributed by atoms with Crippen molar-refractivity contribution in [1.82, 2.24) is 0 Å². The van der Waals surface area contributed by atoms with Crippen LogP contribution in [-0.4, -0.2) is 24.1 Å². The quantitative estimate of drug-likeness (QED) is 0.572. The molecule has 16 heavy (non-hydrogen) atoms. The van der Waals surface area contributed by atoms with E-state index in [0.717, 1.165) is 0 Å². The van der Waals surface area contributed by atoms with E-state index in [2.05, 4.69) is 6.58 Å². The zero-order valence-electron chi connectivity index (χ0n) is 9.68. The Labute approximate surface area is 95.5 Å². The van der Waals surface area contributed by atoms with Gasteiger partial charge in [0, 0.05) is 13.2 Å². The minimum Gasteiger partial charge on any atom is -0.466 e. The van der Waals surface area contributed by atoms with Gasteiger partial charge in [-0.2, -0.15) is 0 Å². The topological polar surface area (TPSA) is 51.8 Å². The summed E-state index contributed by atoms with van der Waals surface area (Å²) < 4.78 is 16.0. The normalized spacial score (nSPS) is 13.7. The highest BCUT2D eigenvalue weighted by molar-refractivity contribution is 5.10. The van der Waals surface area contributed by atoms with Gasteiger partial charge in [-0.25, -0.2) is 0 Å². The second-order valence-corrected chi connectivity index (χ2v) is 3.21. The van der Waals surface area contributed by atoms with E-state index in [1.54, 1.807) is 12.1 Å². The molecule has 4 heteroatoms. The van der Waals surface area contributed by atoms with E-state index in [1.807, 2.05) is 13.8 Å². The average molecular weight is 226 g/mol. The first-order valence-electron chi connectivity index (χ1n) is 5.33. The minimum absolute atomic E-state index is 0.391. The van der Waals surface area contributed by atoms with Crippen molar-refractivity contribution in [3.63, 3.8) is 0 Å². The highest BCUT2D eigenvalue weighted by Crippen LogP contribution is 2.32. The van der Waals surface area contributed by atoms with Gasteiger partial charge in [0.2, 0.25) is 5.79 Å². The monoisotopic (exact) mass is 226 g/mol. The first-order valence-corrected chi connectivity index (χ1v) is 5.33. The standard InChI is InChI=1S/C12H18O4/c1-4-12(15-5-2,16-6-3)11(13)10-8-7-9-14-10/h4,7-9,11,13H,1,5-6H2,2-3H3. The van der Waals surface area contributed by atoms with Crippen LogP contribution in [0.4, 0.5) is 0 Å². The molecule has 0 saturated carbocycles. The third-order valence-electron chi connectivity index (χ3n) is 2.22. The summed E-state index contributed by atoms with van der Waals surface area (Å²) in [5, 5.41) is 10.2. The molecule has 1 atom stereocenters. The van der Waals surface area contributed by atoms with E-state index in [9.17, 15) is 5.11 Å². The van der Waals surface area contributed by atoms with Crippen molar-refractivity contribution in [2.75, 3.05) is 13.2 Å². The molecular formula is C12H18O4. The summed E-state index contributed by atoms with van der Waals surface area (Å²) in [7, 11) is 0. The molecular weight excluding hydrogens is 208 g/mol. The molecule has 0 bridgehead atoms. The Morgan fingerprint density at radius 1 is 1.50 bits per heavy atom. The number of ether oxygens (including phenoxy) is 2. The van der Waals surface area contributed by atoms with Crippen LogP contribution < -0.4 is 0 Å². The van der Waals surface area contributed by atoms with E-state index in [0.29, 0.717) is 19.0 Å². The average Bonchev–Trinajstić information content (AvgIpc) is 2.81. The fraction of sp³-hybridized carbons (Fsp3) is 0.500. The Kier molecular flexibility index (Phi) is 4.73. The van der Waals surface area contributed by atoms with Crippen LogP contribution in [0.3, 0.4) is 0 Å². The van der Waals surface area contributed by atoms with Crippen LogP contribution in [0.2, 0.25) is 0 Å². The van der Waals surface area contributed by atoms with Crippen molar-refractivity contribution in [2.24, 2.45) is 0 Å². The molecule has 1 N–H and O–H groups in total. The molecule has 0 aliphatic rings. The van der Waals surface area contributed by atoms with Crippen LogP contribution in [0, 0.1) is 0 Å². The molecule has 0 aliphatic carbocycles. The predicted octanol–water partition coefficient (Wildman–Crippen LogP) is 2.27. The van der Waals surface area contributed by atoms with Crippen molar-refractivity contribution < 1.29 is 19.0 Å². The van der Waals surface area contributed by atoms with Crippen molar-refractivity contribution in [3.05, 3.63) is 36.8 Å². The summed E-state index contributed by atoms with van der Waals surface area (Å²) in [6, 6.07) is 3.37. The molecule has 1 heterocycles. The molecule has 0 aliphatic heterocycles. The van der Waals surface area contributed by atoms with Crippen LogP contribution in [0.15, 0.2) is 35.5 Å². The summed E-state index contributed by atoms with van der Waals surface area (Å²) in [6.07, 6.45) is 1.91. The molecule has 0 fully saturated rings. The van der Waals surface area contributed by atoms with E-state index in [-0.39, 0.29) is 0 Å². The lowest BCUT2D eigenvalue weighted by Crippen LogP contribution is -2.40. The number of aliphatic hydroxyl groups excluding tert-OH is 1. The second kappa shape index (κ2) is 5.84. The molecule has 0 aromatic carbocycles. The van der Waals surface area contributed by atoms with Crippen molar-refractivity contribution in [1.29, 1.82) is 0 Å². The number of hydrogen-bond acceptors (Lipinski definition) is 4. The number of aliphatic hydroxyl groups is 1. The molecule has 0 amide bonds. The molecule has 4 nitrogen and oxygen atoms in total. The minimum atomic E-state index is -1.25. The van der Waals surface area contributed by atoms with Gasteiger partial charge in [-0.3, -0.25) is 0 Å². The Morgan fingerprint density at radius 2 is 2.12 bits per heavy atom. The molecule has 0 saturated heterocycles. The van der Waals surface area contributed by atoms with Crippen LogP contribution in [0.1, 0.15) is 25.7 Å².